The van der Waals surface area contributed by atoms with E-state index < -0.39 is 17.4 Å². The van der Waals surface area contributed by atoms with Crippen LogP contribution < -0.4 is 5.32 Å². The molecule has 174 valence electrons. The molecule has 4 nitrogen and oxygen atoms in total. The van der Waals surface area contributed by atoms with Gasteiger partial charge in [0.15, 0.2) is 0 Å². The molecule has 0 aliphatic heterocycles. The van der Waals surface area contributed by atoms with Crippen molar-refractivity contribution in [2.45, 2.75) is 51.7 Å². The molecule has 1 amide bonds. The number of hydrogen-bond donors (Lipinski definition) is 3. The maximum atomic E-state index is 13.4. The Kier molecular flexibility index (Phi) is 9.78. The molecule has 2 aromatic carbocycles. The van der Waals surface area contributed by atoms with Gasteiger partial charge in [0.2, 0.25) is 5.91 Å². The number of allylic oxidation sites excluding steroid dienone is 1. The van der Waals surface area contributed by atoms with Crippen LogP contribution in [0.5, 0.6) is 0 Å². The van der Waals surface area contributed by atoms with Crippen molar-refractivity contribution in [3.05, 3.63) is 82.4 Å². The molecule has 0 radical (unpaired) electrons. The lowest BCUT2D eigenvalue weighted by Crippen LogP contribution is -2.48. The Balaban J connectivity index is 2.44. The first-order valence-corrected chi connectivity index (χ1v) is 11.6. The monoisotopic (exact) mass is 477 g/mol. The zero-order valence-electron chi connectivity index (χ0n) is 18.9. The van der Waals surface area contributed by atoms with Crippen molar-refractivity contribution in [3.63, 3.8) is 0 Å². The van der Waals surface area contributed by atoms with Gasteiger partial charge < -0.3 is 15.5 Å². The van der Waals surface area contributed by atoms with Gasteiger partial charge in [0, 0.05) is 16.0 Å². The molecule has 0 aliphatic carbocycles. The van der Waals surface area contributed by atoms with Crippen LogP contribution in [0.4, 0.5) is 0 Å². The van der Waals surface area contributed by atoms with Crippen LogP contribution in [0.25, 0.3) is 0 Å². The molecular weight excluding hydrogens is 445 g/mol. The second-order valence-electron chi connectivity index (χ2n) is 8.92. The summed E-state index contributed by atoms with van der Waals surface area (Å²) in [5.74, 6) is -0.502. The smallest absolute Gasteiger partial charge is 0.226 e. The molecule has 0 fully saturated rings. The fraction of sp³-hybridized carbons (Fsp3) is 0.423. The number of aliphatic hydroxyl groups is 2. The van der Waals surface area contributed by atoms with Crippen molar-refractivity contribution in [2.75, 3.05) is 6.61 Å². The summed E-state index contributed by atoms with van der Waals surface area (Å²) in [5.41, 5.74) is 0.687. The first kappa shape index (κ1) is 26.4. The second-order valence-corrected chi connectivity index (χ2v) is 9.79. The van der Waals surface area contributed by atoms with Crippen LogP contribution in [-0.4, -0.2) is 28.8 Å². The SMILES string of the molecule is C=CCC(C)(C[C@@H](c1cccc(Cl)c1)C(O)c1ccc(Cl)cc1)C(=O)N[C@H](CO)C(C)C. The van der Waals surface area contributed by atoms with Crippen LogP contribution >= 0.6 is 23.2 Å². The van der Waals surface area contributed by atoms with Gasteiger partial charge in [-0.3, -0.25) is 4.79 Å². The van der Waals surface area contributed by atoms with Crippen LogP contribution in [0.1, 0.15) is 56.8 Å². The van der Waals surface area contributed by atoms with Gasteiger partial charge >= 0.3 is 0 Å². The van der Waals surface area contributed by atoms with Crippen LogP contribution in [0.3, 0.4) is 0 Å². The van der Waals surface area contributed by atoms with E-state index in [4.69, 9.17) is 23.2 Å². The first-order valence-electron chi connectivity index (χ1n) is 10.8. The summed E-state index contributed by atoms with van der Waals surface area (Å²) in [4.78, 5) is 13.4. The van der Waals surface area contributed by atoms with Crippen molar-refractivity contribution in [2.24, 2.45) is 11.3 Å². The molecule has 0 aromatic heterocycles. The molecule has 2 rings (SSSR count). The Morgan fingerprint density at radius 2 is 1.78 bits per heavy atom. The van der Waals surface area contributed by atoms with Crippen molar-refractivity contribution >= 4 is 29.1 Å². The molecule has 2 unspecified atom stereocenters. The van der Waals surface area contributed by atoms with Gasteiger partial charge in [-0.2, -0.15) is 0 Å². The van der Waals surface area contributed by atoms with E-state index in [2.05, 4.69) is 11.9 Å². The van der Waals surface area contributed by atoms with Gasteiger partial charge in [0.05, 0.1) is 24.2 Å². The standard InChI is InChI=1S/C26H33Cl2NO3/c1-5-13-26(4,25(32)29-23(16-30)17(2)3)15-22(19-7-6-8-21(28)14-19)24(31)18-9-11-20(27)12-10-18/h5-12,14,17,22-24,30-31H,1,13,15-16H2,2-4H3,(H,29,32)/t22-,23+,24?,26?/m0/s1. The van der Waals surface area contributed by atoms with Gasteiger partial charge in [-0.15, -0.1) is 6.58 Å². The number of rotatable bonds is 11. The molecule has 0 aliphatic rings. The Hall–Kier alpha value is -1.85. The highest BCUT2D eigenvalue weighted by Gasteiger charge is 2.39. The number of amides is 1. The van der Waals surface area contributed by atoms with Gasteiger partial charge in [0.1, 0.15) is 0 Å². The third-order valence-corrected chi connectivity index (χ3v) is 6.49. The normalized spacial score (nSPS) is 16.1. The average molecular weight is 478 g/mol. The summed E-state index contributed by atoms with van der Waals surface area (Å²) in [6.45, 7) is 9.47. The maximum absolute atomic E-state index is 13.4. The predicted octanol–water partition coefficient (Wildman–Crippen LogP) is 5.92. The number of hydrogen-bond acceptors (Lipinski definition) is 3. The number of aliphatic hydroxyl groups excluding tert-OH is 2. The zero-order chi connectivity index (χ0) is 23.9. The molecule has 0 bridgehead atoms. The number of benzene rings is 2. The highest BCUT2D eigenvalue weighted by atomic mass is 35.5. The van der Waals surface area contributed by atoms with Gasteiger partial charge in [0.25, 0.3) is 0 Å². The summed E-state index contributed by atoms with van der Waals surface area (Å²) in [6.07, 6.45) is 1.61. The summed E-state index contributed by atoms with van der Waals surface area (Å²) < 4.78 is 0. The lowest BCUT2D eigenvalue weighted by Gasteiger charge is -2.35. The van der Waals surface area contributed by atoms with E-state index in [0.29, 0.717) is 28.5 Å². The maximum Gasteiger partial charge on any atom is 0.226 e. The fourth-order valence-corrected chi connectivity index (χ4v) is 4.20. The van der Waals surface area contributed by atoms with Crippen LogP contribution in [0.2, 0.25) is 10.0 Å². The second kappa shape index (κ2) is 11.9. The fourth-order valence-electron chi connectivity index (χ4n) is 3.88. The highest BCUT2D eigenvalue weighted by Crippen LogP contribution is 2.43. The van der Waals surface area contributed by atoms with Crippen molar-refractivity contribution in [3.8, 4) is 0 Å². The number of carbonyl (C=O) groups excluding carboxylic acids is 1. The van der Waals surface area contributed by atoms with E-state index in [1.807, 2.05) is 39.0 Å². The molecule has 4 atom stereocenters. The van der Waals surface area contributed by atoms with Crippen molar-refractivity contribution in [1.29, 1.82) is 0 Å². The largest absolute Gasteiger partial charge is 0.394 e. The number of carbonyl (C=O) groups is 1. The van der Waals surface area contributed by atoms with Crippen molar-refractivity contribution < 1.29 is 15.0 Å². The van der Waals surface area contributed by atoms with Crippen LogP contribution in [0, 0.1) is 11.3 Å². The molecule has 2 aromatic rings. The summed E-state index contributed by atoms with van der Waals surface area (Å²) >= 11 is 12.3. The van der Waals surface area contributed by atoms with E-state index in [9.17, 15) is 15.0 Å². The van der Waals surface area contributed by atoms with Gasteiger partial charge in [-0.25, -0.2) is 0 Å². The molecule has 0 saturated carbocycles. The van der Waals surface area contributed by atoms with E-state index >= 15 is 0 Å². The average Bonchev–Trinajstić information content (AvgIpc) is 2.75. The van der Waals surface area contributed by atoms with E-state index in [1.165, 1.54) is 0 Å². The summed E-state index contributed by atoms with van der Waals surface area (Å²) in [7, 11) is 0. The summed E-state index contributed by atoms with van der Waals surface area (Å²) in [5, 5.41) is 25.2. The van der Waals surface area contributed by atoms with Gasteiger partial charge in [-0.1, -0.05) is 74.3 Å². The lowest BCUT2D eigenvalue weighted by molar-refractivity contribution is -0.132. The Labute approximate surface area is 201 Å². The molecule has 6 heteroatoms. The Bertz CT molecular complexity index is 900. The van der Waals surface area contributed by atoms with E-state index in [0.717, 1.165) is 5.56 Å². The van der Waals surface area contributed by atoms with Crippen LogP contribution in [0.15, 0.2) is 61.2 Å². The summed E-state index contributed by atoms with van der Waals surface area (Å²) in [6, 6.07) is 14.0. The molecule has 0 spiro atoms. The molecular formula is C26H33Cl2NO3. The molecule has 0 saturated heterocycles. The number of halogens is 2. The van der Waals surface area contributed by atoms with Crippen molar-refractivity contribution in [1.82, 2.24) is 5.32 Å². The topological polar surface area (TPSA) is 69.6 Å². The third-order valence-electron chi connectivity index (χ3n) is 6.00. The molecule has 0 heterocycles. The lowest BCUT2D eigenvalue weighted by atomic mass is 9.72. The Morgan fingerprint density at radius 1 is 1.12 bits per heavy atom. The Morgan fingerprint density at radius 3 is 2.31 bits per heavy atom. The highest BCUT2D eigenvalue weighted by molar-refractivity contribution is 6.30. The zero-order valence-corrected chi connectivity index (χ0v) is 20.4. The molecule has 3 N–H and O–H groups in total. The quantitative estimate of drug-likeness (QED) is 0.352. The minimum Gasteiger partial charge on any atom is -0.394 e. The minimum absolute atomic E-state index is 0.0836. The first-order chi connectivity index (χ1) is 15.1. The van der Waals surface area contributed by atoms with Crippen LogP contribution in [-0.2, 0) is 4.79 Å². The van der Waals surface area contributed by atoms with Gasteiger partial charge in [-0.05, 0) is 54.2 Å². The van der Waals surface area contributed by atoms with E-state index in [1.54, 1.807) is 36.4 Å². The third kappa shape index (κ3) is 6.82. The van der Waals surface area contributed by atoms with E-state index in [-0.39, 0.29) is 24.5 Å². The molecule has 32 heavy (non-hydrogen) atoms. The predicted molar refractivity (Wildman–Crippen MR) is 132 cm³/mol. The minimum atomic E-state index is -0.874. The number of nitrogens with one attached hydrogen (secondary N) is 1.